The van der Waals surface area contributed by atoms with Gasteiger partial charge in [0.1, 0.15) is 12.6 Å². The topological polar surface area (TPSA) is 41.6 Å². The third-order valence-corrected chi connectivity index (χ3v) is 3.50. The fourth-order valence-corrected chi connectivity index (χ4v) is 2.16. The normalized spacial score (nSPS) is 12.3. The molecule has 0 heterocycles. The first kappa shape index (κ1) is 17.5. The molecule has 1 aromatic rings. The van der Waals surface area contributed by atoms with Crippen molar-refractivity contribution in [3.8, 4) is 0 Å². The zero-order valence-corrected chi connectivity index (χ0v) is 13.9. The summed E-state index contributed by atoms with van der Waals surface area (Å²) in [5, 5.41) is 3.33. The van der Waals surface area contributed by atoms with Gasteiger partial charge in [0.25, 0.3) is 0 Å². The first-order valence-electron chi connectivity index (χ1n) is 7.68. The van der Waals surface area contributed by atoms with E-state index in [2.05, 4.69) is 37.4 Å². The summed E-state index contributed by atoms with van der Waals surface area (Å²) >= 11 is 0. The summed E-state index contributed by atoms with van der Waals surface area (Å²) in [5.41, 5.74) is 3.56. The van der Waals surface area contributed by atoms with Crippen LogP contribution in [0.2, 0.25) is 0 Å². The van der Waals surface area contributed by atoms with Crippen molar-refractivity contribution in [2.75, 3.05) is 32.6 Å². The summed E-state index contributed by atoms with van der Waals surface area (Å²) in [4.78, 5) is 14.0. The zero-order valence-electron chi connectivity index (χ0n) is 13.9. The molecule has 118 valence electrons. The highest BCUT2D eigenvalue weighted by atomic mass is 16.5. The average Bonchev–Trinajstić information content (AvgIpc) is 2.46. The fourth-order valence-electron chi connectivity index (χ4n) is 2.16. The smallest absolute Gasteiger partial charge is 0.328 e. The number of anilines is 1. The molecule has 0 saturated heterocycles. The number of rotatable bonds is 8. The minimum atomic E-state index is -0.342. The number of nitrogens with one attached hydrogen (secondary N) is 1. The molecule has 0 aromatic heterocycles. The molecule has 0 radical (unpaired) electrons. The third-order valence-electron chi connectivity index (χ3n) is 3.50. The second-order valence-corrected chi connectivity index (χ2v) is 5.50. The summed E-state index contributed by atoms with van der Waals surface area (Å²) in [6.07, 6.45) is 1.89. The van der Waals surface area contributed by atoms with Crippen LogP contribution in [0.1, 0.15) is 31.9 Å². The van der Waals surface area contributed by atoms with Gasteiger partial charge in [-0.15, -0.1) is 0 Å². The maximum atomic E-state index is 12.0. The Hall–Kier alpha value is -1.55. The molecule has 4 heteroatoms. The van der Waals surface area contributed by atoms with Crippen molar-refractivity contribution in [3.05, 3.63) is 29.3 Å². The van der Waals surface area contributed by atoms with Gasteiger partial charge < -0.3 is 15.0 Å². The van der Waals surface area contributed by atoms with Crippen LogP contribution in [0.3, 0.4) is 0 Å². The number of para-hydroxylation sites is 1. The number of carbonyl (C=O) groups is 1. The van der Waals surface area contributed by atoms with Crippen LogP contribution in [0.15, 0.2) is 18.2 Å². The van der Waals surface area contributed by atoms with Gasteiger partial charge in [0.05, 0.1) is 0 Å². The number of esters is 1. The Bertz CT molecular complexity index is 436. The van der Waals surface area contributed by atoms with Crippen LogP contribution in [0.25, 0.3) is 0 Å². The Morgan fingerprint density at radius 2 is 1.81 bits per heavy atom. The van der Waals surface area contributed by atoms with Gasteiger partial charge in [0.2, 0.25) is 0 Å². The lowest BCUT2D eigenvalue weighted by Crippen LogP contribution is -2.31. The van der Waals surface area contributed by atoms with E-state index in [0.717, 1.165) is 25.1 Å². The van der Waals surface area contributed by atoms with Crippen LogP contribution in [0, 0.1) is 0 Å². The highest BCUT2D eigenvalue weighted by molar-refractivity contribution is 5.79. The second kappa shape index (κ2) is 8.67. The van der Waals surface area contributed by atoms with E-state index in [9.17, 15) is 4.79 Å². The van der Waals surface area contributed by atoms with Crippen molar-refractivity contribution in [2.45, 2.75) is 39.7 Å². The van der Waals surface area contributed by atoms with Gasteiger partial charge >= 0.3 is 5.97 Å². The van der Waals surface area contributed by atoms with E-state index >= 15 is 0 Å². The fraction of sp³-hybridized carbons (Fsp3) is 0.588. The van der Waals surface area contributed by atoms with E-state index in [1.165, 1.54) is 11.1 Å². The van der Waals surface area contributed by atoms with Gasteiger partial charge in [0, 0.05) is 12.2 Å². The SMILES string of the molecule is CCc1cccc(CC)c1NC(C)C(=O)OCCN(C)C. The van der Waals surface area contributed by atoms with Gasteiger partial charge in [-0.25, -0.2) is 4.79 Å². The minimum absolute atomic E-state index is 0.204. The largest absolute Gasteiger partial charge is 0.463 e. The van der Waals surface area contributed by atoms with Crippen molar-refractivity contribution in [2.24, 2.45) is 0 Å². The lowest BCUT2D eigenvalue weighted by molar-refractivity contribution is -0.144. The molecule has 1 rings (SSSR count). The molecule has 0 spiro atoms. The van der Waals surface area contributed by atoms with Crippen LogP contribution < -0.4 is 5.32 Å². The number of hydrogen-bond donors (Lipinski definition) is 1. The molecule has 1 atom stereocenters. The quantitative estimate of drug-likeness (QED) is 0.748. The molecule has 1 aromatic carbocycles. The molecule has 21 heavy (non-hydrogen) atoms. The van der Waals surface area contributed by atoms with Gasteiger partial charge in [0.15, 0.2) is 0 Å². The van der Waals surface area contributed by atoms with E-state index in [4.69, 9.17) is 4.74 Å². The molecule has 0 aliphatic carbocycles. The number of likely N-dealkylation sites (N-methyl/N-ethyl adjacent to an activating group) is 1. The number of ether oxygens (including phenoxy) is 1. The number of hydrogen-bond acceptors (Lipinski definition) is 4. The third kappa shape index (κ3) is 5.38. The predicted molar refractivity (Wildman–Crippen MR) is 87.8 cm³/mol. The van der Waals surface area contributed by atoms with Crippen LogP contribution in [0.4, 0.5) is 5.69 Å². The summed E-state index contributed by atoms with van der Waals surface area (Å²) < 4.78 is 5.29. The molecule has 0 fully saturated rings. The summed E-state index contributed by atoms with van der Waals surface area (Å²) in [7, 11) is 3.92. The minimum Gasteiger partial charge on any atom is -0.463 e. The Labute approximate surface area is 128 Å². The van der Waals surface area contributed by atoms with Crippen LogP contribution >= 0.6 is 0 Å². The molecule has 1 N–H and O–H groups in total. The van der Waals surface area contributed by atoms with E-state index in [1.807, 2.05) is 25.9 Å². The molecule has 0 saturated carbocycles. The summed E-state index contributed by atoms with van der Waals surface area (Å²) in [5.74, 6) is -0.204. The van der Waals surface area contributed by atoms with E-state index < -0.39 is 0 Å². The number of nitrogens with zero attached hydrogens (tertiary/aromatic N) is 1. The van der Waals surface area contributed by atoms with Crippen LogP contribution in [-0.2, 0) is 22.4 Å². The molecule has 1 unspecified atom stereocenters. The highest BCUT2D eigenvalue weighted by Gasteiger charge is 2.17. The van der Waals surface area contributed by atoms with Gasteiger partial charge in [-0.05, 0) is 45.0 Å². The van der Waals surface area contributed by atoms with E-state index in [1.54, 1.807) is 0 Å². The first-order chi connectivity index (χ1) is 9.99. The average molecular weight is 292 g/mol. The number of carbonyl (C=O) groups excluding carboxylic acids is 1. The van der Waals surface area contributed by atoms with Crippen LogP contribution in [0.5, 0.6) is 0 Å². The molecule has 0 aliphatic heterocycles. The van der Waals surface area contributed by atoms with E-state index in [0.29, 0.717) is 6.61 Å². The Kier molecular flexibility index (Phi) is 7.23. The number of benzene rings is 1. The maximum absolute atomic E-state index is 12.0. The monoisotopic (exact) mass is 292 g/mol. The first-order valence-corrected chi connectivity index (χ1v) is 7.68. The summed E-state index contributed by atoms with van der Waals surface area (Å²) in [6.45, 7) is 7.27. The predicted octanol–water partition coefficient (Wildman–Crippen LogP) is 2.72. The van der Waals surface area contributed by atoms with Crippen molar-refractivity contribution in [1.82, 2.24) is 4.90 Å². The Morgan fingerprint density at radius 3 is 2.29 bits per heavy atom. The Morgan fingerprint density at radius 1 is 1.24 bits per heavy atom. The molecule has 4 nitrogen and oxygen atoms in total. The summed E-state index contributed by atoms with van der Waals surface area (Å²) in [6, 6.07) is 5.94. The van der Waals surface area contributed by atoms with E-state index in [-0.39, 0.29) is 12.0 Å². The van der Waals surface area contributed by atoms with Gasteiger partial charge in [-0.3, -0.25) is 0 Å². The molecule has 0 amide bonds. The van der Waals surface area contributed by atoms with Gasteiger partial charge in [-0.1, -0.05) is 32.0 Å². The molecular weight excluding hydrogens is 264 g/mol. The standard InChI is InChI=1S/C17H28N2O2/c1-6-14-9-8-10-15(7-2)16(14)18-13(3)17(20)21-12-11-19(4)5/h8-10,13,18H,6-7,11-12H2,1-5H3. The van der Waals surface area contributed by atoms with Crippen molar-refractivity contribution < 1.29 is 9.53 Å². The number of aryl methyl sites for hydroxylation is 2. The lowest BCUT2D eigenvalue weighted by Gasteiger charge is -2.20. The highest BCUT2D eigenvalue weighted by Crippen LogP contribution is 2.23. The molecule has 0 aliphatic rings. The second-order valence-electron chi connectivity index (χ2n) is 5.50. The van der Waals surface area contributed by atoms with Crippen molar-refractivity contribution in [1.29, 1.82) is 0 Å². The lowest BCUT2D eigenvalue weighted by atomic mass is 10.0. The maximum Gasteiger partial charge on any atom is 0.328 e. The molecular formula is C17H28N2O2. The van der Waals surface area contributed by atoms with Crippen LogP contribution in [-0.4, -0.2) is 44.2 Å². The van der Waals surface area contributed by atoms with Gasteiger partial charge in [-0.2, -0.15) is 0 Å². The molecule has 0 bridgehead atoms. The Balaban J connectivity index is 2.69. The van der Waals surface area contributed by atoms with Crippen molar-refractivity contribution in [3.63, 3.8) is 0 Å². The van der Waals surface area contributed by atoms with Crippen molar-refractivity contribution >= 4 is 11.7 Å². The zero-order chi connectivity index (χ0) is 15.8.